The van der Waals surface area contributed by atoms with Gasteiger partial charge in [0.05, 0.1) is 0 Å². The number of nitrogens with zero attached hydrogens (tertiary/aromatic N) is 1. The molecule has 0 aliphatic carbocycles. The zero-order valence-electron chi connectivity index (χ0n) is 5.85. The van der Waals surface area contributed by atoms with Crippen LogP contribution < -0.4 is 0 Å². The van der Waals surface area contributed by atoms with Crippen molar-refractivity contribution in [2.24, 2.45) is 0 Å². The van der Waals surface area contributed by atoms with Gasteiger partial charge in [-0.1, -0.05) is 0 Å². The second-order valence-electron chi connectivity index (χ2n) is 2.42. The summed E-state index contributed by atoms with van der Waals surface area (Å²) in [7, 11) is 2.00. The molecule has 9 heavy (non-hydrogen) atoms. The van der Waals surface area contributed by atoms with Crippen molar-refractivity contribution < 1.29 is 4.79 Å². The average molecular weight is 125 g/mol. The first kappa shape index (κ1) is 6.33. The van der Waals surface area contributed by atoms with Gasteiger partial charge in [-0.25, -0.2) is 0 Å². The maximum atomic E-state index is 10.7. The Bertz CT molecular complexity index is 160. The topological polar surface area (TPSA) is 20.3 Å². The van der Waals surface area contributed by atoms with Gasteiger partial charge in [-0.15, -0.1) is 0 Å². The molecule has 1 rings (SSSR count). The average Bonchev–Trinajstić information content (AvgIpc) is 1.80. The first-order chi connectivity index (χ1) is 4.20. The highest BCUT2D eigenvalue weighted by molar-refractivity contribution is 5.91. The second-order valence-corrected chi connectivity index (χ2v) is 2.42. The lowest BCUT2D eigenvalue weighted by atomic mass is 10.1. The lowest BCUT2D eigenvalue weighted by Crippen LogP contribution is -2.24. The fourth-order valence-corrected chi connectivity index (χ4v) is 0.870. The molecule has 1 heterocycles. The predicted molar refractivity (Wildman–Crippen MR) is 36.0 cm³/mol. The Kier molecular flexibility index (Phi) is 1.56. The maximum Gasteiger partial charge on any atom is 0.159 e. The van der Waals surface area contributed by atoms with E-state index in [1.54, 1.807) is 6.08 Å². The molecule has 0 spiro atoms. The van der Waals surface area contributed by atoms with E-state index in [1.807, 2.05) is 14.0 Å². The molecular weight excluding hydrogens is 114 g/mol. The van der Waals surface area contributed by atoms with Crippen molar-refractivity contribution in [3.05, 3.63) is 11.8 Å². The molecule has 0 saturated heterocycles. The van der Waals surface area contributed by atoms with Crippen LogP contribution in [0.4, 0.5) is 0 Å². The zero-order chi connectivity index (χ0) is 6.85. The minimum atomic E-state index is 0.255. The number of ketones is 1. The van der Waals surface area contributed by atoms with E-state index in [-0.39, 0.29) is 5.78 Å². The Labute approximate surface area is 55.2 Å². The van der Waals surface area contributed by atoms with Crippen LogP contribution in [0.25, 0.3) is 0 Å². The molecule has 0 saturated carbocycles. The second kappa shape index (κ2) is 2.21. The van der Waals surface area contributed by atoms with E-state index in [2.05, 4.69) is 4.90 Å². The summed E-state index contributed by atoms with van der Waals surface area (Å²) in [6, 6.07) is 0. The van der Waals surface area contributed by atoms with Crippen molar-refractivity contribution in [3.8, 4) is 0 Å². The first-order valence-electron chi connectivity index (χ1n) is 3.12. The molecule has 0 radical (unpaired) electrons. The molecule has 0 unspecified atom stereocenters. The van der Waals surface area contributed by atoms with Gasteiger partial charge in [0.25, 0.3) is 0 Å². The van der Waals surface area contributed by atoms with Crippen molar-refractivity contribution >= 4 is 5.78 Å². The normalized spacial score (nSPS) is 20.0. The molecule has 0 aromatic carbocycles. The van der Waals surface area contributed by atoms with Gasteiger partial charge in [0.1, 0.15) is 0 Å². The van der Waals surface area contributed by atoms with Crippen molar-refractivity contribution in [1.29, 1.82) is 0 Å². The number of rotatable bonds is 0. The molecule has 0 atom stereocenters. The number of hydrogen-bond donors (Lipinski definition) is 0. The van der Waals surface area contributed by atoms with E-state index in [9.17, 15) is 4.79 Å². The molecule has 50 valence electrons. The summed E-state index contributed by atoms with van der Waals surface area (Å²) < 4.78 is 0. The van der Waals surface area contributed by atoms with Gasteiger partial charge in [0.2, 0.25) is 0 Å². The van der Waals surface area contributed by atoms with Gasteiger partial charge in [-0.3, -0.25) is 4.79 Å². The predicted octanol–water partition coefficient (Wildman–Crippen LogP) is 0.795. The standard InChI is InChI=1S/C7H11NO/c1-6-5-7(9)3-4-8(6)2/h5H,3-4H2,1-2H3. The SMILES string of the molecule is CC1=CC(=O)CCN1C. The Morgan fingerprint density at radius 1 is 1.67 bits per heavy atom. The van der Waals surface area contributed by atoms with Crippen LogP contribution in [0.3, 0.4) is 0 Å². The summed E-state index contributed by atoms with van der Waals surface area (Å²) in [4.78, 5) is 12.8. The van der Waals surface area contributed by atoms with Crippen LogP contribution in [0.1, 0.15) is 13.3 Å². The highest BCUT2D eigenvalue weighted by Crippen LogP contribution is 2.07. The molecule has 0 bridgehead atoms. The van der Waals surface area contributed by atoms with Gasteiger partial charge < -0.3 is 4.90 Å². The molecule has 1 aliphatic heterocycles. The van der Waals surface area contributed by atoms with Gasteiger partial charge >= 0.3 is 0 Å². The van der Waals surface area contributed by atoms with Gasteiger partial charge in [-0.05, 0) is 13.0 Å². The Morgan fingerprint density at radius 3 is 2.78 bits per heavy atom. The summed E-state index contributed by atoms with van der Waals surface area (Å²) in [6.07, 6.45) is 2.37. The fourth-order valence-electron chi connectivity index (χ4n) is 0.870. The fraction of sp³-hybridized carbons (Fsp3) is 0.571. The van der Waals surface area contributed by atoms with Crippen molar-refractivity contribution in [2.45, 2.75) is 13.3 Å². The summed E-state index contributed by atoms with van der Waals surface area (Å²) in [5.74, 6) is 0.255. The molecule has 2 heteroatoms. The van der Waals surface area contributed by atoms with E-state index < -0.39 is 0 Å². The summed E-state index contributed by atoms with van der Waals surface area (Å²) in [5.41, 5.74) is 1.08. The van der Waals surface area contributed by atoms with Crippen LogP contribution in [0, 0.1) is 0 Å². The minimum absolute atomic E-state index is 0.255. The highest BCUT2D eigenvalue weighted by atomic mass is 16.1. The van der Waals surface area contributed by atoms with Crippen LogP contribution >= 0.6 is 0 Å². The summed E-state index contributed by atoms with van der Waals surface area (Å²) >= 11 is 0. The quantitative estimate of drug-likeness (QED) is 0.477. The van der Waals surface area contributed by atoms with Crippen molar-refractivity contribution in [2.75, 3.05) is 13.6 Å². The number of hydrogen-bond acceptors (Lipinski definition) is 2. The van der Waals surface area contributed by atoms with Crippen LogP contribution in [-0.4, -0.2) is 24.3 Å². The maximum absolute atomic E-state index is 10.7. The van der Waals surface area contributed by atoms with Crippen LogP contribution in [0.2, 0.25) is 0 Å². The van der Waals surface area contributed by atoms with E-state index in [1.165, 1.54) is 0 Å². The molecule has 0 aromatic heterocycles. The van der Waals surface area contributed by atoms with Gasteiger partial charge in [0, 0.05) is 25.7 Å². The van der Waals surface area contributed by atoms with E-state index in [0.29, 0.717) is 6.42 Å². The van der Waals surface area contributed by atoms with Crippen LogP contribution in [-0.2, 0) is 4.79 Å². The van der Waals surface area contributed by atoms with E-state index in [4.69, 9.17) is 0 Å². The molecule has 0 aromatic rings. The lowest BCUT2D eigenvalue weighted by Gasteiger charge is -2.22. The van der Waals surface area contributed by atoms with Crippen molar-refractivity contribution in [1.82, 2.24) is 4.90 Å². The third kappa shape index (κ3) is 1.31. The Balaban J connectivity index is 2.72. The molecule has 0 fully saturated rings. The van der Waals surface area contributed by atoms with Gasteiger partial charge in [0.15, 0.2) is 5.78 Å². The summed E-state index contributed by atoms with van der Waals surface area (Å²) in [6.45, 7) is 2.83. The summed E-state index contributed by atoms with van der Waals surface area (Å²) in [5, 5.41) is 0. The van der Waals surface area contributed by atoms with Crippen LogP contribution in [0.15, 0.2) is 11.8 Å². The molecule has 2 nitrogen and oxygen atoms in total. The van der Waals surface area contributed by atoms with E-state index >= 15 is 0 Å². The highest BCUT2D eigenvalue weighted by Gasteiger charge is 2.09. The number of allylic oxidation sites excluding steroid dienone is 2. The molecular formula is C7H11NO. The molecule has 0 amide bonds. The molecule has 1 aliphatic rings. The van der Waals surface area contributed by atoms with Crippen molar-refractivity contribution in [3.63, 3.8) is 0 Å². The Morgan fingerprint density at radius 2 is 2.33 bits per heavy atom. The third-order valence-corrected chi connectivity index (χ3v) is 1.67. The lowest BCUT2D eigenvalue weighted by molar-refractivity contribution is -0.115. The number of carbonyl (C=O) groups excluding carboxylic acids is 1. The largest absolute Gasteiger partial charge is 0.378 e. The van der Waals surface area contributed by atoms with Crippen LogP contribution in [0.5, 0.6) is 0 Å². The molecule has 0 N–H and O–H groups in total. The number of carbonyl (C=O) groups is 1. The minimum Gasteiger partial charge on any atom is -0.378 e. The van der Waals surface area contributed by atoms with E-state index in [0.717, 1.165) is 12.2 Å². The first-order valence-corrected chi connectivity index (χ1v) is 3.12. The zero-order valence-corrected chi connectivity index (χ0v) is 5.85. The smallest absolute Gasteiger partial charge is 0.159 e. The third-order valence-electron chi connectivity index (χ3n) is 1.67. The monoisotopic (exact) mass is 125 g/mol. The Hall–Kier alpha value is -0.790. The van der Waals surface area contributed by atoms with Gasteiger partial charge in [-0.2, -0.15) is 0 Å².